The van der Waals surface area contributed by atoms with Gasteiger partial charge in [-0.15, -0.1) is 12.6 Å². The van der Waals surface area contributed by atoms with Crippen molar-refractivity contribution in [2.45, 2.75) is 18.1 Å². The van der Waals surface area contributed by atoms with Crippen LogP contribution in [0.15, 0.2) is 35.3 Å². The van der Waals surface area contributed by atoms with E-state index in [0.717, 1.165) is 11.3 Å². The second-order valence-corrected chi connectivity index (χ2v) is 4.01. The smallest absolute Gasteiger partial charge is 0.0526 e. The molecule has 0 bridgehead atoms. The Morgan fingerprint density at radius 3 is 2.82 bits per heavy atom. The van der Waals surface area contributed by atoms with Crippen molar-refractivity contribution >= 4 is 25.3 Å². The van der Waals surface area contributed by atoms with E-state index in [1.54, 1.807) is 0 Å². The Labute approximate surface area is 78.9 Å². The Bertz CT molecular complexity index is 226. The van der Waals surface area contributed by atoms with Gasteiger partial charge in [-0.25, -0.2) is 0 Å². The minimum atomic E-state index is -0.0824. The van der Waals surface area contributed by atoms with Gasteiger partial charge in [0.15, 0.2) is 0 Å². The van der Waals surface area contributed by atoms with E-state index in [1.807, 2.05) is 19.1 Å². The predicted octanol–water partition coefficient (Wildman–Crippen LogP) is 3.00. The van der Waals surface area contributed by atoms with Crippen LogP contribution in [0.5, 0.6) is 0 Å². The zero-order valence-corrected chi connectivity index (χ0v) is 8.28. The maximum absolute atomic E-state index is 4.52. The average molecular weight is 184 g/mol. The van der Waals surface area contributed by atoms with Gasteiger partial charge in [-0.1, -0.05) is 30.4 Å². The molecule has 1 atom stereocenters. The number of rotatable bonds is 1. The number of thiol groups is 2. The molecule has 11 heavy (non-hydrogen) atoms. The van der Waals surface area contributed by atoms with Gasteiger partial charge in [-0.3, -0.25) is 0 Å². The molecule has 0 amide bonds. The highest BCUT2D eigenvalue weighted by atomic mass is 32.1. The molecule has 1 rings (SSSR count). The van der Waals surface area contributed by atoms with Crippen LogP contribution in [-0.4, -0.2) is 4.75 Å². The molecule has 1 aliphatic rings. The van der Waals surface area contributed by atoms with E-state index in [4.69, 9.17) is 0 Å². The van der Waals surface area contributed by atoms with Gasteiger partial charge in [0.05, 0.1) is 4.75 Å². The topological polar surface area (TPSA) is 0 Å². The van der Waals surface area contributed by atoms with Crippen LogP contribution in [0, 0.1) is 0 Å². The molecule has 2 heteroatoms. The highest BCUT2D eigenvalue weighted by Gasteiger charge is 2.18. The second kappa shape index (κ2) is 3.55. The highest BCUT2D eigenvalue weighted by Crippen LogP contribution is 2.29. The molecule has 0 spiro atoms. The van der Waals surface area contributed by atoms with Crippen molar-refractivity contribution in [3.8, 4) is 0 Å². The fourth-order valence-electron chi connectivity index (χ4n) is 1.05. The summed E-state index contributed by atoms with van der Waals surface area (Å²) in [5.74, 6) is 0. The largest absolute Gasteiger partial charge is 0.164 e. The van der Waals surface area contributed by atoms with Gasteiger partial charge in [0.25, 0.3) is 0 Å². The third-order valence-corrected chi connectivity index (χ3v) is 2.45. The number of allylic oxidation sites excluding steroid dienone is 3. The van der Waals surface area contributed by atoms with Crippen molar-refractivity contribution in [1.82, 2.24) is 0 Å². The first-order valence-corrected chi connectivity index (χ1v) is 4.50. The molecule has 0 aromatic heterocycles. The van der Waals surface area contributed by atoms with E-state index in [0.29, 0.717) is 0 Å². The number of hydrogen-bond acceptors (Lipinski definition) is 2. The minimum Gasteiger partial charge on any atom is -0.164 e. The molecular formula is C9H12S2. The standard InChI is InChI=1S/C9H12S2/c1-2-5-9(11)6-3-8(10)4-7-9/h2-6,10-11H,7H2,1H3. The van der Waals surface area contributed by atoms with E-state index in [-0.39, 0.29) is 4.75 Å². The lowest BCUT2D eigenvalue weighted by atomic mass is 9.99. The molecule has 0 saturated heterocycles. The van der Waals surface area contributed by atoms with Crippen LogP contribution < -0.4 is 0 Å². The van der Waals surface area contributed by atoms with E-state index in [9.17, 15) is 0 Å². The molecule has 0 N–H and O–H groups in total. The third-order valence-electron chi connectivity index (χ3n) is 1.64. The summed E-state index contributed by atoms with van der Waals surface area (Å²) >= 11 is 8.74. The second-order valence-electron chi connectivity index (χ2n) is 2.66. The molecule has 0 saturated carbocycles. The fourth-order valence-corrected chi connectivity index (χ4v) is 1.53. The summed E-state index contributed by atoms with van der Waals surface area (Å²) in [6, 6.07) is 0. The zero-order chi connectivity index (χ0) is 8.32. The molecule has 0 aromatic carbocycles. The van der Waals surface area contributed by atoms with Crippen LogP contribution in [0.3, 0.4) is 0 Å². The lowest BCUT2D eigenvalue weighted by Crippen LogP contribution is -2.15. The Balaban J connectivity index is 2.74. The molecule has 0 heterocycles. The predicted molar refractivity (Wildman–Crippen MR) is 57.4 cm³/mol. The Morgan fingerprint density at radius 2 is 2.36 bits per heavy atom. The van der Waals surface area contributed by atoms with Crippen molar-refractivity contribution in [2.24, 2.45) is 0 Å². The molecule has 0 nitrogen and oxygen atoms in total. The first kappa shape index (κ1) is 9.01. The SMILES string of the molecule is CC=CC1(S)C=CC(S)=CC1. The summed E-state index contributed by atoms with van der Waals surface area (Å²) < 4.78 is -0.0824. The van der Waals surface area contributed by atoms with E-state index >= 15 is 0 Å². The number of hydrogen-bond donors (Lipinski definition) is 2. The van der Waals surface area contributed by atoms with Crippen molar-refractivity contribution in [3.05, 3.63) is 35.3 Å². The van der Waals surface area contributed by atoms with Crippen LogP contribution in [0.4, 0.5) is 0 Å². The van der Waals surface area contributed by atoms with Crippen LogP contribution in [-0.2, 0) is 0 Å². The summed E-state index contributed by atoms with van der Waals surface area (Å²) in [4.78, 5) is 1.03. The lowest BCUT2D eigenvalue weighted by Gasteiger charge is -2.21. The summed E-state index contributed by atoms with van der Waals surface area (Å²) in [5, 5.41) is 0. The summed E-state index contributed by atoms with van der Waals surface area (Å²) in [6.45, 7) is 2.01. The maximum Gasteiger partial charge on any atom is 0.0526 e. The van der Waals surface area contributed by atoms with E-state index < -0.39 is 0 Å². The van der Waals surface area contributed by atoms with Crippen molar-refractivity contribution in [3.63, 3.8) is 0 Å². The van der Waals surface area contributed by atoms with Crippen LogP contribution in [0.1, 0.15) is 13.3 Å². The van der Waals surface area contributed by atoms with Crippen LogP contribution >= 0.6 is 25.3 Å². The molecule has 0 radical (unpaired) electrons. The summed E-state index contributed by atoms with van der Waals surface area (Å²) in [6.07, 6.45) is 11.2. The fraction of sp³-hybridized carbons (Fsp3) is 0.333. The van der Waals surface area contributed by atoms with Gasteiger partial charge >= 0.3 is 0 Å². The normalized spacial score (nSPS) is 31.0. The monoisotopic (exact) mass is 184 g/mol. The molecular weight excluding hydrogens is 172 g/mol. The van der Waals surface area contributed by atoms with Gasteiger partial charge in [-0.05, 0) is 18.2 Å². The van der Waals surface area contributed by atoms with E-state index in [2.05, 4.69) is 43.5 Å². The van der Waals surface area contributed by atoms with Gasteiger partial charge in [0, 0.05) is 0 Å². The molecule has 1 unspecified atom stereocenters. The quantitative estimate of drug-likeness (QED) is 0.454. The molecule has 0 aliphatic heterocycles. The average Bonchev–Trinajstić information content (AvgIpc) is 1.97. The van der Waals surface area contributed by atoms with E-state index in [1.165, 1.54) is 0 Å². The molecule has 60 valence electrons. The summed E-state index contributed by atoms with van der Waals surface area (Å²) in [7, 11) is 0. The molecule has 1 aliphatic carbocycles. The first-order valence-electron chi connectivity index (χ1n) is 3.61. The highest BCUT2D eigenvalue weighted by molar-refractivity contribution is 7.84. The zero-order valence-electron chi connectivity index (χ0n) is 6.49. The van der Waals surface area contributed by atoms with Gasteiger partial charge in [-0.2, -0.15) is 12.6 Å². The van der Waals surface area contributed by atoms with Crippen LogP contribution in [0.25, 0.3) is 0 Å². The van der Waals surface area contributed by atoms with Crippen molar-refractivity contribution in [1.29, 1.82) is 0 Å². The van der Waals surface area contributed by atoms with Gasteiger partial charge in [0.1, 0.15) is 0 Å². The lowest BCUT2D eigenvalue weighted by molar-refractivity contribution is 0.886. The Kier molecular flexibility index (Phi) is 2.90. The Hall–Kier alpha value is -0.0800. The van der Waals surface area contributed by atoms with Crippen molar-refractivity contribution < 1.29 is 0 Å². The molecule has 0 aromatic rings. The minimum absolute atomic E-state index is 0.0824. The molecule has 0 fully saturated rings. The van der Waals surface area contributed by atoms with Gasteiger partial charge in [0.2, 0.25) is 0 Å². The van der Waals surface area contributed by atoms with Crippen molar-refractivity contribution in [2.75, 3.05) is 0 Å². The third kappa shape index (κ3) is 2.46. The Morgan fingerprint density at radius 1 is 1.64 bits per heavy atom. The first-order chi connectivity index (χ1) is 5.16. The summed E-state index contributed by atoms with van der Waals surface area (Å²) in [5.41, 5.74) is 0. The van der Waals surface area contributed by atoms with Gasteiger partial charge < -0.3 is 0 Å². The van der Waals surface area contributed by atoms with Crippen LogP contribution in [0.2, 0.25) is 0 Å². The maximum atomic E-state index is 4.52.